The molecule has 2 atom stereocenters. The monoisotopic (exact) mass is 260 g/mol. The zero-order valence-corrected chi connectivity index (χ0v) is 9.92. The fraction of sp³-hybridized carbons (Fsp3) is 0.500. The van der Waals surface area contributed by atoms with Crippen molar-refractivity contribution in [3.63, 3.8) is 0 Å². The maximum atomic E-state index is 12.4. The van der Waals surface area contributed by atoms with E-state index in [2.05, 4.69) is 5.32 Å². The second-order valence-electron chi connectivity index (χ2n) is 4.41. The maximum Gasteiger partial charge on any atom is 0.408 e. The summed E-state index contributed by atoms with van der Waals surface area (Å²) in [6.07, 6.45) is -3.69. The van der Waals surface area contributed by atoms with E-state index in [9.17, 15) is 13.2 Å². The number of ether oxygens (including phenoxy) is 1. The van der Waals surface area contributed by atoms with Crippen LogP contribution in [-0.4, -0.2) is 24.9 Å². The van der Waals surface area contributed by atoms with Crippen LogP contribution in [0, 0.1) is 0 Å². The minimum atomic E-state index is -4.25. The summed E-state index contributed by atoms with van der Waals surface area (Å²) in [7, 11) is 0. The zero-order valence-electron chi connectivity index (χ0n) is 9.92. The molecule has 1 aromatic rings. The van der Waals surface area contributed by atoms with Crippen molar-refractivity contribution >= 4 is 5.69 Å². The topological polar surface area (TPSA) is 47.3 Å². The number of anilines is 1. The molecule has 0 aliphatic carbocycles. The Morgan fingerprint density at radius 1 is 1.50 bits per heavy atom. The number of halogens is 3. The van der Waals surface area contributed by atoms with Crippen LogP contribution in [-0.2, 0) is 6.42 Å². The highest BCUT2D eigenvalue weighted by atomic mass is 19.4. The van der Waals surface area contributed by atoms with Crippen molar-refractivity contribution in [2.75, 3.05) is 11.9 Å². The fourth-order valence-corrected chi connectivity index (χ4v) is 1.87. The first kappa shape index (κ1) is 13.0. The molecule has 100 valence electrons. The van der Waals surface area contributed by atoms with E-state index in [1.807, 2.05) is 0 Å². The van der Waals surface area contributed by atoms with Gasteiger partial charge in [0.05, 0.1) is 0 Å². The summed E-state index contributed by atoms with van der Waals surface area (Å²) in [6.45, 7) is 1.49. The van der Waals surface area contributed by atoms with Crippen molar-refractivity contribution in [2.45, 2.75) is 31.7 Å². The minimum Gasteiger partial charge on any atom is -0.488 e. The van der Waals surface area contributed by atoms with Gasteiger partial charge in [-0.2, -0.15) is 13.2 Å². The number of nitrogens with one attached hydrogen (secondary N) is 1. The SMILES string of the molecule is CC(Nc1ccc2c(c1)CC(CN)O2)C(F)(F)F. The molecule has 0 aromatic heterocycles. The van der Waals surface area contributed by atoms with E-state index in [-0.39, 0.29) is 6.10 Å². The van der Waals surface area contributed by atoms with Crippen LogP contribution in [0.25, 0.3) is 0 Å². The van der Waals surface area contributed by atoms with Crippen LogP contribution < -0.4 is 15.8 Å². The lowest BCUT2D eigenvalue weighted by molar-refractivity contribution is -0.138. The highest BCUT2D eigenvalue weighted by Crippen LogP contribution is 2.32. The molecule has 3 N–H and O–H groups in total. The van der Waals surface area contributed by atoms with Crippen LogP contribution in [0.4, 0.5) is 18.9 Å². The third-order valence-corrected chi connectivity index (χ3v) is 2.94. The number of hydrogen-bond donors (Lipinski definition) is 2. The Hall–Kier alpha value is -1.43. The average molecular weight is 260 g/mol. The largest absolute Gasteiger partial charge is 0.488 e. The fourth-order valence-electron chi connectivity index (χ4n) is 1.87. The molecule has 0 fully saturated rings. The van der Waals surface area contributed by atoms with E-state index >= 15 is 0 Å². The van der Waals surface area contributed by atoms with E-state index < -0.39 is 12.2 Å². The van der Waals surface area contributed by atoms with E-state index in [1.54, 1.807) is 18.2 Å². The summed E-state index contributed by atoms with van der Waals surface area (Å²) in [6, 6.07) is 3.37. The Bertz CT molecular complexity index is 434. The summed E-state index contributed by atoms with van der Waals surface area (Å²) in [4.78, 5) is 0. The summed E-state index contributed by atoms with van der Waals surface area (Å²) in [5.74, 6) is 0.704. The van der Waals surface area contributed by atoms with Crippen molar-refractivity contribution in [3.05, 3.63) is 23.8 Å². The molecule has 2 rings (SSSR count). The molecule has 1 aromatic carbocycles. The van der Waals surface area contributed by atoms with Gasteiger partial charge in [0.2, 0.25) is 0 Å². The predicted octanol–water partition coefficient (Wildman–Crippen LogP) is 2.31. The van der Waals surface area contributed by atoms with Crippen molar-refractivity contribution < 1.29 is 17.9 Å². The van der Waals surface area contributed by atoms with Gasteiger partial charge in [-0.15, -0.1) is 0 Å². The number of benzene rings is 1. The van der Waals surface area contributed by atoms with E-state index in [0.717, 1.165) is 12.5 Å². The lowest BCUT2D eigenvalue weighted by atomic mass is 10.1. The first-order valence-corrected chi connectivity index (χ1v) is 5.73. The molecule has 0 bridgehead atoms. The van der Waals surface area contributed by atoms with Gasteiger partial charge in [0, 0.05) is 18.7 Å². The molecule has 0 saturated carbocycles. The smallest absolute Gasteiger partial charge is 0.408 e. The molecule has 1 heterocycles. The third-order valence-electron chi connectivity index (χ3n) is 2.94. The van der Waals surface area contributed by atoms with Gasteiger partial charge in [-0.3, -0.25) is 0 Å². The van der Waals surface area contributed by atoms with Gasteiger partial charge >= 0.3 is 6.18 Å². The molecule has 0 saturated heterocycles. The number of fused-ring (bicyclic) bond motifs is 1. The molecular formula is C12H15F3N2O. The molecule has 1 aliphatic heterocycles. The molecule has 2 unspecified atom stereocenters. The number of nitrogens with two attached hydrogens (primary N) is 1. The molecule has 1 aliphatic rings. The number of alkyl halides is 3. The molecule has 0 amide bonds. The lowest BCUT2D eigenvalue weighted by Gasteiger charge is -2.18. The van der Waals surface area contributed by atoms with E-state index in [4.69, 9.17) is 10.5 Å². The Morgan fingerprint density at radius 3 is 2.83 bits per heavy atom. The minimum absolute atomic E-state index is 0.0738. The van der Waals surface area contributed by atoms with Crippen LogP contribution >= 0.6 is 0 Å². The highest BCUT2D eigenvalue weighted by Gasteiger charge is 2.36. The highest BCUT2D eigenvalue weighted by molar-refractivity contribution is 5.53. The maximum absolute atomic E-state index is 12.4. The van der Waals surface area contributed by atoms with Crippen LogP contribution in [0.1, 0.15) is 12.5 Å². The Balaban J connectivity index is 2.09. The third kappa shape index (κ3) is 2.69. The van der Waals surface area contributed by atoms with Crippen molar-refractivity contribution in [1.29, 1.82) is 0 Å². The average Bonchev–Trinajstić information content (AvgIpc) is 2.69. The number of rotatable bonds is 3. The Morgan fingerprint density at radius 2 is 2.22 bits per heavy atom. The van der Waals surface area contributed by atoms with Gasteiger partial charge in [0.15, 0.2) is 0 Å². The van der Waals surface area contributed by atoms with Gasteiger partial charge in [0.1, 0.15) is 17.9 Å². The first-order chi connectivity index (χ1) is 8.40. The second-order valence-corrected chi connectivity index (χ2v) is 4.41. The van der Waals surface area contributed by atoms with Crippen LogP contribution in [0.5, 0.6) is 5.75 Å². The zero-order chi connectivity index (χ0) is 13.3. The second kappa shape index (κ2) is 4.68. The van der Waals surface area contributed by atoms with Crippen LogP contribution in [0.3, 0.4) is 0 Å². The Labute approximate surface area is 103 Å². The standard InChI is InChI=1S/C12H15F3N2O/c1-7(12(13,14)15)17-9-2-3-11-8(4-9)5-10(6-16)18-11/h2-4,7,10,17H,5-6,16H2,1H3. The van der Waals surface area contributed by atoms with Gasteiger partial charge in [-0.25, -0.2) is 0 Å². The molecule has 3 nitrogen and oxygen atoms in total. The van der Waals surface area contributed by atoms with Crippen molar-refractivity contribution in [1.82, 2.24) is 0 Å². The normalized spacial score (nSPS) is 20.2. The van der Waals surface area contributed by atoms with Gasteiger partial charge < -0.3 is 15.8 Å². The molecular weight excluding hydrogens is 245 g/mol. The summed E-state index contributed by atoms with van der Waals surface area (Å²) < 4.78 is 42.8. The Kier molecular flexibility index (Phi) is 3.38. The van der Waals surface area contributed by atoms with Gasteiger partial charge in [-0.05, 0) is 30.7 Å². The molecule has 0 spiro atoms. The van der Waals surface area contributed by atoms with Crippen molar-refractivity contribution in [3.8, 4) is 5.75 Å². The van der Waals surface area contributed by atoms with E-state index in [0.29, 0.717) is 24.4 Å². The lowest BCUT2D eigenvalue weighted by Crippen LogP contribution is -2.33. The predicted molar refractivity (Wildman–Crippen MR) is 62.8 cm³/mol. The molecule has 18 heavy (non-hydrogen) atoms. The quantitative estimate of drug-likeness (QED) is 0.876. The summed E-state index contributed by atoms with van der Waals surface area (Å²) in [5.41, 5.74) is 6.84. The summed E-state index contributed by atoms with van der Waals surface area (Å²) >= 11 is 0. The van der Waals surface area contributed by atoms with E-state index in [1.165, 1.54) is 0 Å². The van der Waals surface area contributed by atoms with Crippen LogP contribution in [0.15, 0.2) is 18.2 Å². The summed E-state index contributed by atoms with van der Waals surface area (Å²) in [5, 5.41) is 2.43. The van der Waals surface area contributed by atoms with Crippen molar-refractivity contribution in [2.24, 2.45) is 5.73 Å². The van der Waals surface area contributed by atoms with Crippen LogP contribution in [0.2, 0.25) is 0 Å². The first-order valence-electron chi connectivity index (χ1n) is 5.73. The van der Waals surface area contributed by atoms with Gasteiger partial charge in [-0.1, -0.05) is 0 Å². The molecule has 6 heteroatoms. The molecule has 0 radical (unpaired) electrons. The number of hydrogen-bond acceptors (Lipinski definition) is 3. The van der Waals surface area contributed by atoms with Gasteiger partial charge in [0.25, 0.3) is 0 Å².